The number of benzene rings is 2. The van der Waals surface area contributed by atoms with Gasteiger partial charge in [-0.15, -0.1) is 0 Å². The van der Waals surface area contributed by atoms with Gasteiger partial charge < -0.3 is 10.1 Å². The summed E-state index contributed by atoms with van der Waals surface area (Å²) in [6.45, 7) is 5.94. The highest BCUT2D eigenvalue weighted by atomic mass is 32.1. The molecular weight excluding hydrogens is 488 g/mol. The largest absolute Gasteiger partial charge is 0.493 e. The Morgan fingerprint density at radius 2 is 1.47 bits per heavy atom. The van der Waals surface area contributed by atoms with Crippen LogP contribution in [0.15, 0.2) is 59.4 Å². The molecule has 0 spiro atoms. The number of amides is 1. The van der Waals surface area contributed by atoms with Crippen molar-refractivity contribution in [2.75, 3.05) is 11.9 Å². The number of carbonyl (C=O) groups excluding carboxylic acids is 1. The third-order valence-corrected chi connectivity index (χ3v) is 7.90. The van der Waals surface area contributed by atoms with Crippen LogP contribution in [0, 0.1) is 6.92 Å². The van der Waals surface area contributed by atoms with E-state index in [0.29, 0.717) is 13.0 Å². The Morgan fingerprint density at radius 3 is 2.11 bits per heavy atom. The Balaban J connectivity index is 1.31. The number of hydrogen-bond donors (Lipinski definition) is 1. The van der Waals surface area contributed by atoms with Crippen molar-refractivity contribution in [3.05, 3.63) is 76.2 Å². The molecule has 0 aliphatic rings. The molecule has 0 unspecified atom stereocenters. The minimum absolute atomic E-state index is 0.0257. The van der Waals surface area contributed by atoms with Gasteiger partial charge in [0.1, 0.15) is 5.75 Å². The van der Waals surface area contributed by atoms with E-state index in [2.05, 4.69) is 46.8 Å². The van der Waals surface area contributed by atoms with Crippen LogP contribution < -0.4 is 14.6 Å². The summed E-state index contributed by atoms with van der Waals surface area (Å²) >= 11 is 1.71. The second kappa shape index (κ2) is 17.8. The van der Waals surface area contributed by atoms with Crippen molar-refractivity contribution < 1.29 is 14.1 Å². The molecule has 5 heteroatoms. The van der Waals surface area contributed by atoms with Crippen LogP contribution in [0.2, 0.25) is 0 Å². The van der Waals surface area contributed by atoms with Gasteiger partial charge in [0.25, 0.3) is 0 Å². The van der Waals surface area contributed by atoms with E-state index in [1.807, 2.05) is 36.4 Å². The Morgan fingerprint density at radius 1 is 0.842 bits per heavy atom. The fraction of sp³-hybridized carbons (Fsp3) is 0.515. The number of para-hydroxylation sites is 1. The molecule has 1 N–H and O–H groups in total. The lowest BCUT2D eigenvalue weighted by Crippen LogP contribution is -2.34. The molecule has 0 saturated carbocycles. The Bertz CT molecular complexity index is 1060. The molecule has 206 valence electrons. The summed E-state index contributed by atoms with van der Waals surface area (Å²) < 4.78 is 8.30. The summed E-state index contributed by atoms with van der Waals surface area (Å²) in [6.07, 6.45) is 16.3. The normalized spacial score (nSPS) is 11.0. The van der Waals surface area contributed by atoms with Crippen molar-refractivity contribution in [2.45, 2.75) is 104 Å². The minimum Gasteiger partial charge on any atom is -0.493 e. The first-order chi connectivity index (χ1) is 18.7. The first kappa shape index (κ1) is 29.9. The maximum absolute atomic E-state index is 12.7. The molecule has 0 fully saturated rings. The highest BCUT2D eigenvalue weighted by Crippen LogP contribution is 2.20. The van der Waals surface area contributed by atoms with Gasteiger partial charge in [0, 0.05) is 23.7 Å². The van der Waals surface area contributed by atoms with E-state index in [0.717, 1.165) is 30.0 Å². The van der Waals surface area contributed by atoms with E-state index in [1.165, 1.54) is 81.9 Å². The van der Waals surface area contributed by atoms with Crippen LogP contribution in [0.4, 0.5) is 5.69 Å². The van der Waals surface area contributed by atoms with Crippen molar-refractivity contribution in [2.24, 2.45) is 0 Å². The van der Waals surface area contributed by atoms with Gasteiger partial charge in [-0.2, -0.15) is 4.57 Å². The third-order valence-electron chi connectivity index (χ3n) is 7.05. The monoisotopic (exact) mass is 535 g/mol. The fourth-order valence-electron chi connectivity index (χ4n) is 4.70. The predicted molar refractivity (Wildman–Crippen MR) is 160 cm³/mol. The molecule has 0 saturated heterocycles. The van der Waals surface area contributed by atoms with Crippen LogP contribution in [-0.4, -0.2) is 12.5 Å². The van der Waals surface area contributed by atoms with E-state index in [-0.39, 0.29) is 5.91 Å². The summed E-state index contributed by atoms with van der Waals surface area (Å²) in [7, 11) is 0. The van der Waals surface area contributed by atoms with Crippen LogP contribution in [0.3, 0.4) is 0 Å². The molecule has 0 bridgehead atoms. The van der Waals surface area contributed by atoms with Gasteiger partial charge in [0.05, 0.1) is 18.4 Å². The van der Waals surface area contributed by atoms with Gasteiger partial charge in [-0.05, 0) is 24.6 Å². The molecule has 0 aliphatic carbocycles. The molecule has 2 aromatic carbocycles. The van der Waals surface area contributed by atoms with Gasteiger partial charge >= 0.3 is 0 Å². The van der Waals surface area contributed by atoms with E-state index < -0.39 is 0 Å². The number of hydrogen-bond acceptors (Lipinski definition) is 3. The highest BCUT2D eigenvalue weighted by Gasteiger charge is 2.11. The van der Waals surface area contributed by atoms with E-state index in [1.54, 1.807) is 11.3 Å². The van der Waals surface area contributed by atoms with E-state index in [9.17, 15) is 4.79 Å². The summed E-state index contributed by atoms with van der Waals surface area (Å²) in [5, 5.41) is 5.18. The number of nitrogens with one attached hydrogen (secondary N) is 1. The zero-order chi connectivity index (χ0) is 26.8. The van der Waals surface area contributed by atoms with Gasteiger partial charge in [0.15, 0.2) is 12.2 Å². The number of carbonyl (C=O) groups is 1. The third kappa shape index (κ3) is 11.4. The lowest BCUT2D eigenvalue weighted by molar-refractivity contribution is -0.689. The molecule has 0 radical (unpaired) electrons. The van der Waals surface area contributed by atoms with Gasteiger partial charge in [-0.1, -0.05) is 119 Å². The number of nitrogens with zero attached hydrogens (tertiary/aromatic N) is 1. The van der Waals surface area contributed by atoms with Crippen molar-refractivity contribution in [1.82, 2.24) is 0 Å². The lowest BCUT2D eigenvalue weighted by Gasteiger charge is -2.12. The molecule has 1 aromatic heterocycles. The average molecular weight is 536 g/mol. The number of thiazole rings is 1. The van der Waals surface area contributed by atoms with Gasteiger partial charge in [-0.3, -0.25) is 4.79 Å². The number of aromatic nitrogens is 1. The molecule has 0 atom stereocenters. The molecule has 4 nitrogen and oxygen atoms in total. The van der Waals surface area contributed by atoms with Crippen molar-refractivity contribution in [3.8, 4) is 5.75 Å². The predicted octanol–water partition coefficient (Wildman–Crippen LogP) is 8.65. The zero-order valence-corrected chi connectivity index (χ0v) is 24.4. The maximum Gasteiger partial charge on any atom is 0.228 e. The number of anilines is 1. The summed E-state index contributed by atoms with van der Waals surface area (Å²) in [5.41, 5.74) is 6.35. The van der Waals surface area contributed by atoms with Crippen molar-refractivity contribution in [1.29, 1.82) is 0 Å². The van der Waals surface area contributed by atoms with Gasteiger partial charge in [-0.25, -0.2) is 0 Å². The maximum atomic E-state index is 12.7. The van der Waals surface area contributed by atoms with E-state index in [4.69, 9.17) is 4.74 Å². The van der Waals surface area contributed by atoms with E-state index >= 15 is 0 Å². The topological polar surface area (TPSA) is 42.2 Å². The SMILES string of the molecule is CCCCCCCCCCCCCCOc1ccccc1CC(=O)Nc1ccc(C[n+]2cscc2C)cc1. The second-order valence-electron chi connectivity index (χ2n) is 10.4. The number of aryl methyl sites for hydroxylation is 1. The molecule has 1 amide bonds. The average Bonchev–Trinajstić information content (AvgIpc) is 3.32. The Hall–Kier alpha value is -2.66. The second-order valence-corrected chi connectivity index (χ2v) is 11.1. The van der Waals surface area contributed by atoms with Crippen LogP contribution in [0.5, 0.6) is 5.75 Å². The van der Waals surface area contributed by atoms with Crippen molar-refractivity contribution in [3.63, 3.8) is 0 Å². The lowest BCUT2D eigenvalue weighted by atomic mass is 10.1. The van der Waals surface area contributed by atoms with Gasteiger partial charge in [0.2, 0.25) is 11.4 Å². The number of ether oxygens (including phenoxy) is 1. The van der Waals surface area contributed by atoms with Crippen molar-refractivity contribution >= 4 is 22.9 Å². The standard InChI is InChI=1S/C33H46N2O2S/c1-3-4-5-6-7-8-9-10-11-12-13-16-23-37-32-18-15-14-17-30(32)24-33(36)34-31-21-19-29(20-22-31)25-35-27-38-26-28(35)2/h14-15,17-22,26-27H,3-13,16,23-25H2,1-2H3/p+1. The molecular formula is C33H47N2O2S+. The minimum atomic E-state index is -0.0257. The molecule has 1 heterocycles. The quantitative estimate of drug-likeness (QED) is 0.123. The summed E-state index contributed by atoms with van der Waals surface area (Å²) in [4.78, 5) is 12.7. The molecule has 3 aromatic rings. The Labute approximate surface area is 234 Å². The first-order valence-electron chi connectivity index (χ1n) is 14.7. The summed E-state index contributed by atoms with van der Waals surface area (Å²) in [5.74, 6) is 0.798. The van der Waals surface area contributed by atoms with Crippen LogP contribution in [-0.2, 0) is 17.8 Å². The van der Waals surface area contributed by atoms with Crippen LogP contribution >= 0.6 is 11.3 Å². The highest BCUT2D eigenvalue weighted by molar-refractivity contribution is 7.07. The fourth-order valence-corrected chi connectivity index (χ4v) is 5.48. The summed E-state index contributed by atoms with van der Waals surface area (Å²) in [6, 6.07) is 16.0. The molecule has 3 rings (SSSR count). The number of rotatable bonds is 19. The zero-order valence-electron chi connectivity index (χ0n) is 23.6. The molecule has 38 heavy (non-hydrogen) atoms. The smallest absolute Gasteiger partial charge is 0.228 e. The van der Waals surface area contributed by atoms with Crippen LogP contribution in [0.1, 0.15) is 101 Å². The first-order valence-corrected chi connectivity index (χ1v) is 15.6. The van der Waals surface area contributed by atoms with Crippen LogP contribution in [0.25, 0.3) is 0 Å². The Kier molecular flexibility index (Phi) is 14.0. The number of unbranched alkanes of at least 4 members (excludes halogenated alkanes) is 11. The molecule has 0 aliphatic heterocycles.